The van der Waals surface area contributed by atoms with Gasteiger partial charge in [0.05, 0.1) is 5.39 Å². The van der Waals surface area contributed by atoms with E-state index in [4.69, 9.17) is 0 Å². The Balaban J connectivity index is 2.11. The van der Waals surface area contributed by atoms with E-state index >= 15 is 0 Å². The molecule has 0 unspecified atom stereocenters. The van der Waals surface area contributed by atoms with Gasteiger partial charge in [-0.2, -0.15) is 0 Å². The number of likely N-dealkylation sites (N-methyl/N-ethyl adjacent to an activating group) is 1. The molecule has 0 fully saturated rings. The van der Waals surface area contributed by atoms with Crippen molar-refractivity contribution in [2.45, 2.75) is 20.8 Å². The second kappa shape index (κ2) is 6.57. The maximum Gasteiger partial charge on any atom is 0.151 e. The summed E-state index contributed by atoms with van der Waals surface area (Å²) in [6.45, 7) is 8.08. The van der Waals surface area contributed by atoms with E-state index in [9.17, 15) is 0 Å². The maximum absolute atomic E-state index is 4.53. The van der Waals surface area contributed by atoms with E-state index in [0.29, 0.717) is 0 Å². The summed E-state index contributed by atoms with van der Waals surface area (Å²) >= 11 is 0. The van der Waals surface area contributed by atoms with Crippen molar-refractivity contribution in [1.29, 1.82) is 0 Å². The van der Waals surface area contributed by atoms with Crippen LogP contribution < -0.4 is 5.32 Å². The number of anilines is 1. The van der Waals surface area contributed by atoms with Crippen LogP contribution in [0, 0.1) is 20.8 Å². The summed E-state index contributed by atoms with van der Waals surface area (Å²) in [4.78, 5) is 15.7. The van der Waals surface area contributed by atoms with Crippen LogP contribution in [0.25, 0.3) is 16.9 Å². The summed E-state index contributed by atoms with van der Waals surface area (Å²) < 4.78 is 2.11. The van der Waals surface area contributed by atoms with Crippen LogP contribution in [-0.4, -0.2) is 51.6 Å². The smallest absolute Gasteiger partial charge is 0.151 e. The van der Waals surface area contributed by atoms with E-state index in [2.05, 4.69) is 70.7 Å². The van der Waals surface area contributed by atoms with Crippen LogP contribution in [0.2, 0.25) is 0 Å². The van der Waals surface area contributed by atoms with Gasteiger partial charge >= 0.3 is 0 Å². The van der Waals surface area contributed by atoms with Gasteiger partial charge in [-0.1, -0.05) is 0 Å². The molecule has 3 rings (SSSR count). The van der Waals surface area contributed by atoms with Gasteiger partial charge in [0.1, 0.15) is 18.0 Å². The molecule has 0 saturated carbocycles. The number of nitrogens with one attached hydrogen (secondary N) is 1. The van der Waals surface area contributed by atoms with E-state index in [1.807, 2.05) is 12.3 Å². The van der Waals surface area contributed by atoms with E-state index < -0.39 is 0 Å². The number of hydrogen-bond acceptors (Lipinski definition) is 5. The SMILES string of the molecule is Cc1ccnc(-n2c(C)c(C)c3c(NCCN(C)C)ncnc32)c1. The quantitative estimate of drug-likeness (QED) is 0.782. The Morgan fingerprint density at radius 1 is 1.12 bits per heavy atom. The molecule has 1 N–H and O–H groups in total. The van der Waals surface area contributed by atoms with Gasteiger partial charge in [-0.15, -0.1) is 0 Å². The molecule has 3 heterocycles. The molecule has 126 valence electrons. The fourth-order valence-corrected chi connectivity index (χ4v) is 2.85. The number of fused-ring (bicyclic) bond motifs is 1. The maximum atomic E-state index is 4.53. The first-order valence-corrected chi connectivity index (χ1v) is 8.13. The molecule has 6 nitrogen and oxygen atoms in total. The molecule has 0 saturated heterocycles. The lowest BCUT2D eigenvalue weighted by atomic mass is 10.2. The van der Waals surface area contributed by atoms with Crippen molar-refractivity contribution in [1.82, 2.24) is 24.4 Å². The van der Waals surface area contributed by atoms with Gasteiger partial charge in [0.25, 0.3) is 0 Å². The number of nitrogens with zero attached hydrogens (tertiary/aromatic N) is 5. The second-order valence-electron chi connectivity index (χ2n) is 6.39. The number of aryl methyl sites for hydroxylation is 2. The fourth-order valence-electron chi connectivity index (χ4n) is 2.85. The molecule has 0 spiro atoms. The average molecular weight is 324 g/mol. The van der Waals surface area contributed by atoms with Gasteiger partial charge in [-0.3, -0.25) is 4.57 Å². The first kappa shape index (κ1) is 16.4. The first-order chi connectivity index (χ1) is 11.5. The molecular formula is C18H24N6. The summed E-state index contributed by atoms with van der Waals surface area (Å²) in [5.74, 6) is 1.78. The van der Waals surface area contributed by atoms with E-state index in [1.165, 1.54) is 11.1 Å². The minimum absolute atomic E-state index is 0.839. The third-order valence-electron chi connectivity index (χ3n) is 4.27. The summed E-state index contributed by atoms with van der Waals surface area (Å²) in [6.07, 6.45) is 3.45. The van der Waals surface area contributed by atoms with Crippen molar-refractivity contribution < 1.29 is 0 Å². The fraction of sp³-hybridized carbons (Fsp3) is 0.389. The predicted octanol–water partition coefficient (Wildman–Crippen LogP) is 2.71. The molecule has 0 aromatic carbocycles. The minimum Gasteiger partial charge on any atom is -0.368 e. The summed E-state index contributed by atoms with van der Waals surface area (Å²) in [6, 6.07) is 4.08. The number of aromatic nitrogens is 4. The Kier molecular flexibility index (Phi) is 4.49. The van der Waals surface area contributed by atoms with Gasteiger partial charge in [-0.05, 0) is 58.1 Å². The minimum atomic E-state index is 0.839. The van der Waals surface area contributed by atoms with Gasteiger partial charge < -0.3 is 10.2 Å². The van der Waals surface area contributed by atoms with Crippen molar-refractivity contribution in [3.05, 3.63) is 41.5 Å². The molecule has 0 aliphatic carbocycles. The Bertz CT molecular complexity index is 865. The Labute approximate surface area is 142 Å². The molecule has 0 amide bonds. The molecule has 3 aromatic rings. The molecule has 0 bridgehead atoms. The lowest BCUT2D eigenvalue weighted by Gasteiger charge is -2.11. The van der Waals surface area contributed by atoms with Crippen LogP contribution in [0.1, 0.15) is 16.8 Å². The Morgan fingerprint density at radius 3 is 2.62 bits per heavy atom. The molecule has 0 aliphatic rings. The predicted molar refractivity (Wildman–Crippen MR) is 97.9 cm³/mol. The molecule has 3 aromatic heterocycles. The number of rotatable bonds is 5. The van der Waals surface area contributed by atoms with E-state index in [1.54, 1.807) is 6.33 Å². The van der Waals surface area contributed by atoms with Crippen molar-refractivity contribution >= 4 is 16.9 Å². The van der Waals surface area contributed by atoms with Crippen molar-refractivity contribution in [3.8, 4) is 5.82 Å². The number of pyridine rings is 1. The van der Waals surface area contributed by atoms with E-state index in [-0.39, 0.29) is 0 Å². The monoisotopic (exact) mass is 324 g/mol. The molecular weight excluding hydrogens is 300 g/mol. The Hall–Kier alpha value is -2.47. The molecule has 0 aliphatic heterocycles. The van der Waals surface area contributed by atoms with Crippen LogP contribution in [0.5, 0.6) is 0 Å². The van der Waals surface area contributed by atoms with Crippen LogP contribution in [-0.2, 0) is 0 Å². The van der Waals surface area contributed by atoms with Crippen LogP contribution in [0.3, 0.4) is 0 Å². The lowest BCUT2D eigenvalue weighted by molar-refractivity contribution is 0.425. The third kappa shape index (κ3) is 2.97. The zero-order chi connectivity index (χ0) is 17.3. The second-order valence-corrected chi connectivity index (χ2v) is 6.39. The first-order valence-electron chi connectivity index (χ1n) is 8.13. The highest BCUT2D eigenvalue weighted by atomic mass is 15.1. The molecule has 0 atom stereocenters. The van der Waals surface area contributed by atoms with Gasteiger partial charge in [0.15, 0.2) is 5.65 Å². The summed E-state index contributed by atoms with van der Waals surface area (Å²) in [7, 11) is 4.12. The van der Waals surface area contributed by atoms with Gasteiger partial charge in [-0.25, -0.2) is 15.0 Å². The van der Waals surface area contributed by atoms with Gasteiger partial charge in [0, 0.05) is 25.0 Å². The molecule has 24 heavy (non-hydrogen) atoms. The summed E-state index contributed by atoms with van der Waals surface area (Å²) in [5.41, 5.74) is 4.39. The highest BCUT2D eigenvalue weighted by Gasteiger charge is 2.18. The van der Waals surface area contributed by atoms with E-state index in [0.717, 1.165) is 41.5 Å². The van der Waals surface area contributed by atoms with Crippen molar-refractivity contribution in [2.75, 3.05) is 32.5 Å². The standard InChI is InChI=1S/C18H24N6/c1-12-6-7-19-15(10-12)24-14(3)13(2)16-17(20-8-9-23(4)5)21-11-22-18(16)24/h6-7,10-11H,8-9H2,1-5H3,(H,20,21,22). The highest BCUT2D eigenvalue weighted by molar-refractivity contribution is 5.92. The van der Waals surface area contributed by atoms with Crippen LogP contribution in [0.4, 0.5) is 5.82 Å². The van der Waals surface area contributed by atoms with Crippen LogP contribution in [0.15, 0.2) is 24.7 Å². The third-order valence-corrected chi connectivity index (χ3v) is 4.27. The lowest BCUT2D eigenvalue weighted by Crippen LogP contribution is -2.21. The largest absolute Gasteiger partial charge is 0.368 e. The van der Waals surface area contributed by atoms with Crippen LogP contribution >= 0.6 is 0 Å². The zero-order valence-corrected chi connectivity index (χ0v) is 15.0. The van der Waals surface area contributed by atoms with Gasteiger partial charge in [0.2, 0.25) is 0 Å². The van der Waals surface area contributed by atoms with Crippen molar-refractivity contribution in [3.63, 3.8) is 0 Å². The number of hydrogen-bond donors (Lipinski definition) is 1. The highest BCUT2D eigenvalue weighted by Crippen LogP contribution is 2.30. The average Bonchev–Trinajstić information content (AvgIpc) is 2.79. The normalized spacial score (nSPS) is 11.4. The molecule has 0 radical (unpaired) electrons. The molecule has 6 heteroatoms. The zero-order valence-electron chi connectivity index (χ0n) is 15.0. The van der Waals surface area contributed by atoms with Crippen molar-refractivity contribution in [2.24, 2.45) is 0 Å². The topological polar surface area (TPSA) is 58.9 Å². The summed E-state index contributed by atoms with van der Waals surface area (Å²) in [5, 5.41) is 4.50. The Morgan fingerprint density at radius 2 is 1.92 bits per heavy atom.